The molecule has 0 aromatic heterocycles. The number of sulfonamides is 1. The number of benzene rings is 2. The first-order valence-corrected chi connectivity index (χ1v) is 10.6. The molecule has 2 aromatic carbocycles. The number of rotatable bonds is 4. The Kier molecular flexibility index (Phi) is 5.56. The number of ether oxygens (including phenoxy) is 1. The predicted octanol–water partition coefficient (Wildman–Crippen LogP) is 2.62. The number of fused-ring (bicyclic) bond motifs is 1. The van der Waals surface area contributed by atoms with E-state index < -0.39 is 16.1 Å². The number of hydrogen-bond acceptors (Lipinski definition) is 5. The van der Waals surface area contributed by atoms with Gasteiger partial charge in [-0.3, -0.25) is 9.10 Å². The van der Waals surface area contributed by atoms with Gasteiger partial charge in [-0.05, 0) is 42.3 Å². The molecule has 1 aliphatic heterocycles. The molecule has 0 spiro atoms. The van der Waals surface area contributed by atoms with Crippen LogP contribution in [0.4, 0.5) is 11.4 Å². The maximum atomic E-state index is 12.7. The van der Waals surface area contributed by atoms with Crippen LogP contribution in [-0.2, 0) is 21.2 Å². The van der Waals surface area contributed by atoms with E-state index in [9.17, 15) is 13.2 Å². The molecular formula is C20H21N3O4S. The molecule has 1 atom stereocenters. The van der Waals surface area contributed by atoms with Crippen LogP contribution < -0.4 is 14.4 Å². The zero-order valence-electron chi connectivity index (χ0n) is 15.7. The number of amides is 1. The fraction of sp³-hybridized carbons (Fsp3) is 0.300. The Hall–Kier alpha value is -3.05. The Morgan fingerprint density at radius 1 is 1.29 bits per heavy atom. The number of nitrogens with zero attached hydrogens (tertiary/aromatic N) is 2. The van der Waals surface area contributed by atoms with E-state index in [0.717, 1.165) is 17.4 Å². The van der Waals surface area contributed by atoms with Crippen molar-refractivity contribution in [2.24, 2.45) is 0 Å². The summed E-state index contributed by atoms with van der Waals surface area (Å²) in [5.41, 5.74) is 2.79. The minimum atomic E-state index is -3.50. The predicted molar refractivity (Wildman–Crippen MR) is 107 cm³/mol. The zero-order chi connectivity index (χ0) is 20.3. The van der Waals surface area contributed by atoms with Gasteiger partial charge < -0.3 is 10.1 Å². The van der Waals surface area contributed by atoms with Gasteiger partial charge in [-0.15, -0.1) is 0 Å². The molecule has 0 radical (unpaired) electrons. The molecule has 0 fully saturated rings. The number of hydrogen-bond donors (Lipinski definition) is 1. The van der Waals surface area contributed by atoms with E-state index in [-0.39, 0.29) is 18.9 Å². The summed E-state index contributed by atoms with van der Waals surface area (Å²) >= 11 is 0. The second-order valence-electron chi connectivity index (χ2n) is 6.72. The van der Waals surface area contributed by atoms with Gasteiger partial charge in [-0.25, -0.2) is 8.42 Å². The Balaban J connectivity index is 1.81. The number of carbonyl (C=O) groups excluding carboxylic acids is 1. The highest BCUT2D eigenvalue weighted by molar-refractivity contribution is 7.92. The number of aryl methyl sites for hydroxylation is 1. The minimum absolute atomic E-state index is 0.147. The first-order valence-electron chi connectivity index (χ1n) is 8.79. The van der Waals surface area contributed by atoms with Gasteiger partial charge in [0.15, 0.2) is 6.10 Å². The van der Waals surface area contributed by atoms with Crippen molar-refractivity contribution in [2.75, 3.05) is 22.4 Å². The van der Waals surface area contributed by atoms with Gasteiger partial charge in [0.05, 0.1) is 24.4 Å². The van der Waals surface area contributed by atoms with Crippen molar-refractivity contribution in [2.45, 2.75) is 25.9 Å². The monoisotopic (exact) mass is 399 g/mol. The first kappa shape index (κ1) is 19.7. The summed E-state index contributed by atoms with van der Waals surface area (Å²) in [6, 6.07) is 14.3. The maximum absolute atomic E-state index is 12.7. The second kappa shape index (κ2) is 7.90. The van der Waals surface area contributed by atoms with Gasteiger partial charge in [0, 0.05) is 18.7 Å². The van der Waals surface area contributed by atoms with Crippen molar-refractivity contribution in [1.82, 2.24) is 0 Å². The molecule has 7 nitrogen and oxygen atoms in total. The lowest BCUT2D eigenvalue weighted by molar-refractivity contribution is -0.122. The summed E-state index contributed by atoms with van der Waals surface area (Å²) in [4.78, 5) is 12.7. The SMILES string of the molecule is Cc1ccc2c(c1)N(S(C)(=O)=O)CC[C@H](C(=O)Nc1ccc(CC#N)cc1)O2. The Bertz CT molecular complexity index is 1030. The largest absolute Gasteiger partial charge is 0.478 e. The summed E-state index contributed by atoms with van der Waals surface area (Å²) in [7, 11) is -3.50. The van der Waals surface area contributed by atoms with Crippen LogP contribution in [-0.4, -0.2) is 33.2 Å². The smallest absolute Gasteiger partial charge is 0.265 e. The van der Waals surface area contributed by atoms with E-state index in [2.05, 4.69) is 11.4 Å². The van der Waals surface area contributed by atoms with Crippen molar-refractivity contribution >= 4 is 27.3 Å². The lowest BCUT2D eigenvalue weighted by Crippen LogP contribution is -2.35. The van der Waals surface area contributed by atoms with Crippen LogP contribution in [0.3, 0.4) is 0 Å². The molecule has 0 saturated carbocycles. The highest BCUT2D eigenvalue weighted by Crippen LogP contribution is 2.35. The molecule has 0 aliphatic carbocycles. The molecule has 3 rings (SSSR count). The van der Waals surface area contributed by atoms with Crippen LogP contribution in [0.1, 0.15) is 17.5 Å². The molecule has 1 amide bonds. The molecule has 28 heavy (non-hydrogen) atoms. The Morgan fingerprint density at radius 3 is 2.64 bits per heavy atom. The summed E-state index contributed by atoms with van der Waals surface area (Å²) in [6.07, 6.45) is 0.839. The van der Waals surface area contributed by atoms with Crippen molar-refractivity contribution in [3.63, 3.8) is 0 Å². The molecule has 0 unspecified atom stereocenters. The maximum Gasteiger partial charge on any atom is 0.265 e. The van der Waals surface area contributed by atoms with Crippen molar-refractivity contribution in [3.05, 3.63) is 53.6 Å². The molecule has 1 N–H and O–H groups in total. The van der Waals surface area contributed by atoms with Gasteiger partial charge in [-0.1, -0.05) is 18.2 Å². The number of nitriles is 1. The standard InChI is InChI=1S/C20H21N3O4S/c1-14-3-8-18-17(13-14)23(28(2,25)26)12-10-19(27-18)20(24)22-16-6-4-15(5-7-16)9-11-21/h3-8,13,19H,9-10,12H2,1-2H3,(H,22,24)/t19-/m1/s1. The zero-order valence-corrected chi connectivity index (χ0v) is 16.5. The molecule has 2 aromatic rings. The van der Waals surface area contributed by atoms with Crippen molar-refractivity contribution in [1.29, 1.82) is 5.26 Å². The van der Waals surface area contributed by atoms with Crippen LogP contribution in [0.5, 0.6) is 5.75 Å². The lowest BCUT2D eigenvalue weighted by atomic mass is 10.1. The Labute approximate surface area is 164 Å². The third kappa shape index (κ3) is 4.43. The van der Waals surface area contributed by atoms with Crippen LogP contribution in [0, 0.1) is 18.3 Å². The topological polar surface area (TPSA) is 99.5 Å². The third-order valence-corrected chi connectivity index (χ3v) is 5.62. The summed E-state index contributed by atoms with van der Waals surface area (Å²) in [6.45, 7) is 2.01. The van der Waals surface area contributed by atoms with Crippen LogP contribution in [0.2, 0.25) is 0 Å². The van der Waals surface area contributed by atoms with E-state index in [4.69, 9.17) is 10.00 Å². The number of anilines is 2. The van der Waals surface area contributed by atoms with Gasteiger partial charge >= 0.3 is 0 Å². The quantitative estimate of drug-likeness (QED) is 0.852. The van der Waals surface area contributed by atoms with E-state index in [1.165, 1.54) is 4.31 Å². The van der Waals surface area contributed by atoms with E-state index in [0.29, 0.717) is 23.5 Å². The molecule has 0 saturated heterocycles. The van der Waals surface area contributed by atoms with Gasteiger partial charge in [0.2, 0.25) is 10.0 Å². The van der Waals surface area contributed by atoms with Gasteiger partial charge in [0.1, 0.15) is 5.75 Å². The number of carbonyl (C=O) groups is 1. The fourth-order valence-electron chi connectivity index (χ4n) is 3.04. The summed E-state index contributed by atoms with van der Waals surface area (Å²) in [5, 5.41) is 11.5. The highest BCUT2D eigenvalue weighted by Gasteiger charge is 2.31. The highest BCUT2D eigenvalue weighted by atomic mass is 32.2. The average Bonchev–Trinajstić information content (AvgIpc) is 2.82. The first-order chi connectivity index (χ1) is 13.3. The summed E-state index contributed by atoms with van der Waals surface area (Å²) in [5.74, 6) is 0.00736. The molecule has 146 valence electrons. The molecule has 1 heterocycles. The van der Waals surface area contributed by atoms with Crippen LogP contribution >= 0.6 is 0 Å². The average molecular weight is 399 g/mol. The molecule has 1 aliphatic rings. The van der Waals surface area contributed by atoms with Crippen molar-refractivity contribution < 1.29 is 17.9 Å². The van der Waals surface area contributed by atoms with Crippen LogP contribution in [0.15, 0.2) is 42.5 Å². The van der Waals surface area contributed by atoms with E-state index in [1.54, 1.807) is 36.4 Å². The molecule has 0 bridgehead atoms. The third-order valence-electron chi connectivity index (χ3n) is 4.44. The number of nitrogens with one attached hydrogen (secondary N) is 1. The second-order valence-corrected chi connectivity index (χ2v) is 8.63. The minimum Gasteiger partial charge on any atom is -0.478 e. The Morgan fingerprint density at radius 2 is 2.00 bits per heavy atom. The normalized spacial score (nSPS) is 16.3. The fourth-order valence-corrected chi connectivity index (χ4v) is 3.98. The van der Waals surface area contributed by atoms with Crippen molar-refractivity contribution in [3.8, 4) is 11.8 Å². The molecular weight excluding hydrogens is 378 g/mol. The van der Waals surface area contributed by atoms with Gasteiger partial charge in [-0.2, -0.15) is 5.26 Å². The van der Waals surface area contributed by atoms with Gasteiger partial charge in [0.25, 0.3) is 5.91 Å². The van der Waals surface area contributed by atoms with E-state index >= 15 is 0 Å². The summed E-state index contributed by atoms with van der Waals surface area (Å²) < 4.78 is 31.6. The van der Waals surface area contributed by atoms with E-state index in [1.807, 2.05) is 13.0 Å². The van der Waals surface area contributed by atoms with Crippen LogP contribution in [0.25, 0.3) is 0 Å². The molecule has 8 heteroatoms. The lowest BCUT2D eigenvalue weighted by Gasteiger charge is -2.21.